The molecule has 2 N–H and O–H groups in total. The van der Waals surface area contributed by atoms with E-state index in [9.17, 15) is 0 Å². The average molecular weight is 478 g/mol. The molecule has 0 unspecified atom stereocenters. The van der Waals surface area contributed by atoms with Crippen molar-refractivity contribution in [2.24, 2.45) is 0 Å². The molecule has 0 aliphatic heterocycles. The van der Waals surface area contributed by atoms with Crippen LogP contribution in [0.2, 0.25) is 0 Å². The fourth-order valence-electron chi connectivity index (χ4n) is 4.37. The molecule has 0 spiro atoms. The summed E-state index contributed by atoms with van der Waals surface area (Å²) in [4.78, 5) is 0. The molecule has 0 bridgehead atoms. The summed E-state index contributed by atoms with van der Waals surface area (Å²) in [5.74, 6) is 0.442. The molecule has 0 saturated heterocycles. The van der Waals surface area contributed by atoms with Crippen LogP contribution in [-0.4, -0.2) is 17.4 Å². The van der Waals surface area contributed by atoms with Gasteiger partial charge in [0.2, 0.25) is 0 Å². The van der Waals surface area contributed by atoms with E-state index >= 15 is 0 Å². The summed E-state index contributed by atoms with van der Waals surface area (Å²) >= 11 is 0. The maximum absolute atomic E-state index is 8.34. The summed E-state index contributed by atoms with van der Waals surface area (Å²) in [5.41, 5.74) is 0. The Hall–Kier alpha value is -3.69. The van der Waals surface area contributed by atoms with Gasteiger partial charge in [-0.2, -0.15) is 0 Å². The number of hydrogen-bond acceptors (Lipinski definition) is 3. The quantitative estimate of drug-likeness (QED) is 0.286. The molecule has 0 amide bonds. The molecule has 5 heteroatoms. The number of benzene rings is 5. The molecule has 3 nitrogen and oxygen atoms in total. The average Bonchev–Trinajstić information content (AvgIpc) is 2.92. The molecule has 0 heterocycles. The van der Waals surface area contributed by atoms with Crippen molar-refractivity contribution < 1.29 is 14.7 Å². The predicted molar refractivity (Wildman–Crippen MR) is 150 cm³/mol. The molecule has 0 aliphatic rings. The van der Waals surface area contributed by atoms with Gasteiger partial charge in [-0.25, -0.2) is 0 Å². The number of rotatable bonds is 6. The van der Waals surface area contributed by atoms with Crippen LogP contribution in [0.15, 0.2) is 152 Å². The third-order valence-electron chi connectivity index (χ3n) is 5.81. The molecule has 35 heavy (non-hydrogen) atoms. The fourth-order valence-corrected chi connectivity index (χ4v) is 9.14. The first kappa shape index (κ1) is 24.4. The van der Waals surface area contributed by atoms with E-state index in [1.807, 2.05) is 6.07 Å². The maximum atomic E-state index is 8.34. The van der Waals surface area contributed by atoms with E-state index in [1.165, 1.54) is 21.2 Å². The van der Waals surface area contributed by atoms with Gasteiger partial charge in [0.25, 0.3) is 0 Å². The molecule has 0 saturated carbocycles. The summed E-state index contributed by atoms with van der Waals surface area (Å²) in [7, 11) is -4.03. The second-order valence-corrected chi connectivity index (χ2v) is 11.8. The standard InChI is InChI=1S/C24H21P.C6H7BO3/c1-5-13-21(14-6-1)25(22-15-7-2-8-16-22,23-17-9-3-10-18-23)24-19-11-4-12-20-24;8-7(9)10-6-4-2-1-3-5-6/h1-20,25H;1-5,8-9H. The van der Waals surface area contributed by atoms with E-state index < -0.39 is 14.6 Å². The van der Waals surface area contributed by atoms with Crippen molar-refractivity contribution >= 4 is 35.8 Å². The molecular weight excluding hydrogens is 450 g/mol. The minimum atomic E-state index is -2.30. The molecule has 0 aromatic heterocycles. The minimum absolute atomic E-state index is 0.442. The van der Waals surface area contributed by atoms with Crippen molar-refractivity contribution in [2.45, 2.75) is 0 Å². The van der Waals surface area contributed by atoms with Crippen LogP contribution in [-0.2, 0) is 0 Å². The van der Waals surface area contributed by atoms with E-state index in [-0.39, 0.29) is 0 Å². The Balaban J connectivity index is 0.000000243. The molecule has 5 aromatic rings. The molecule has 174 valence electrons. The van der Waals surface area contributed by atoms with E-state index in [0.717, 1.165) is 0 Å². The van der Waals surface area contributed by atoms with Crippen molar-refractivity contribution in [2.75, 3.05) is 0 Å². The van der Waals surface area contributed by atoms with Gasteiger partial charge in [0.1, 0.15) is 5.75 Å². The van der Waals surface area contributed by atoms with Crippen LogP contribution < -0.4 is 25.9 Å². The third-order valence-corrected chi connectivity index (χ3v) is 10.6. The summed E-state index contributed by atoms with van der Waals surface area (Å²) in [5, 5.41) is 22.3. The van der Waals surface area contributed by atoms with Crippen molar-refractivity contribution in [1.29, 1.82) is 0 Å². The summed E-state index contributed by atoms with van der Waals surface area (Å²) < 4.78 is 4.53. The summed E-state index contributed by atoms with van der Waals surface area (Å²) in [6.45, 7) is 0. The second-order valence-electron chi connectivity index (χ2n) is 7.97. The molecular formula is C30H28BO3P. The van der Waals surface area contributed by atoms with Gasteiger partial charge in [0.05, 0.1) is 0 Å². The van der Waals surface area contributed by atoms with Crippen LogP contribution in [0.4, 0.5) is 0 Å². The van der Waals surface area contributed by atoms with Gasteiger partial charge in [-0.05, 0) is 12.1 Å². The molecule has 0 radical (unpaired) electrons. The Labute approximate surface area is 207 Å². The first-order valence-corrected chi connectivity index (χ1v) is 13.5. The van der Waals surface area contributed by atoms with Gasteiger partial charge in [-0.1, -0.05) is 18.2 Å². The van der Waals surface area contributed by atoms with Gasteiger partial charge in [0.15, 0.2) is 0 Å². The Kier molecular flexibility index (Phi) is 8.48. The zero-order chi connectivity index (χ0) is 24.3. The Bertz CT molecular complexity index is 1110. The van der Waals surface area contributed by atoms with Crippen LogP contribution in [0.1, 0.15) is 0 Å². The Morgan fingerprint density at radius 1 is 0.400 bits per heavy atom. The summed E-state index contributed by atoms with van der Waals surface area (Å²) in [6.07, 6.45) is 0. The molecule has 0 fully saturated rings. The fraction of sp³-hybridized carbons (Fsp3) is 0. The zero-order valence-corrected chi connectivity index (χ0v) is 20.3. The van der Waals surface area contributed by atoms with Gasteiger partial charge in [-0.15, -0.1) is 0 Å². The molecule has 0 aliphatic carbocycles. The van der Waals surface area contributed by atoms with Gasteiger partial charge in [-0.3, -0.25) is 0 Å². The van der Waals surface area contributed by atoms with E-state index in [1.54, 1.807) is 24.3 Å². The molecule has 0 atom stereocenters. The second kappa shape index (κ2) is 12.1. The molecule has 5 rings (SSSR count). The van der Waals surface area contributed by atoms with Crippen molar-refractivity contribution in [3.05, 3.63) is 152 Å². The SMILES string of the molecule is OB(O)Oc1ccccc1.c1ccc([PH](c2ccccc2)(c2ccccc2)c2ccccc2)cc1. The molecule has 5 aromatic carbocycles. The van der Waals surface area contributed by atoms with Crippen molar-refractivity contribution in [1.82, 2.24) is 0 Å². The van der Waals surface area contributed by atoms with Crippen molar-refractivity contribution in [3.8, 4) is 5.75 Å². The summed E-state index contributed by atoms with van der Waals surface area (Å²) in [6, 6.07) is 52.6. The zero-order valence-electron chi connectivity index (χ0n) is 19.3. The van der Waals surface area contributed by atoms with E-state index in [2.05, 4.69) is 126 Å². The Morgan fingerprint density at radius 2 is 0.657 bits per heavy atom. The van der Waals surface area contributed by atoms with Gasteiger partial charge >= 0.3 is 157 Å². The van der Waals surface area contributed by atoms with Crippen LogP contribution >= 0.6 is 7.26 Å². The van der Waals surface area contributed by atoms with Gasteiger partial charge in [0, 0.05) is 0 Å². The van der Waals surface area contributed by atoms with Crippen molar-refractivity contribution in [3.63, 3.8) is 0 Å². The predicted octanol–water partition coefficient (Wildman–Crippen LogP) is 4.07. The van der Waals surface area contributed by atoms with Crippen LogP contribution in [0.3, 0.4) is 0 Å². The number of para-hydroxylation sites is 1. The van der Waals surface area contributed by atoms with E-state index in [0.29, 0.717) is 5.75 Å². The van der Waals surface area contributed by atoms with Gasteiger partial charge < -0.3 is 14.7 Å². The topological polar surface area (TPSA) is 49.7 Å². The number of hydrogen-bond donors (Lipinski definition) is 2. The monoisotopic (exact) mass is 478 g/mol. The van der Waals surface area contributed by atoms with Crippen LogP contribution in [0.25, 0.3) is 0 Å². The van der Waals surface area contributed by atoms with Crippen LogP contribution in [0.5, 0.6) is 5.75 Å². The first-order valence-electron chi connectivity index (χ1n) is 11.5. The first-order chi connectivity index (χ1) is 17.2. The van der Waals surface area contributed by atoms with E-state index in [4.69, 9.17) is 10.0 Å². The third kappa shape index (κ3) is 5.88. The Morgan fingerprint density at radius 3 is 0.914 bits per heavy atom. The normalized spacial score (nSPS) is 11.0. The van der Waals surface area contributed by atoms with Crippen LogP contribution in [0, 0.1) is 0 Å².